The molecule has 2 N–H and O–H groups in total. The van der Waals surface area contributed by atoms with Crippen LogP contribution in [0.1, 0.15) is 85.5 Å². The van der Waals surface area contributed by atoms with Gasteiger partial charge in [0.2, 0.25) is 0 Å². The van der Waals surface area contributed by atoms with Gasteiger partial charge in [0.1, 0.15) is 12.7 Å². The first kappa shape index (κ1) is 26.9. The Balaban J connectivity index is 1.64. The van der Waals surface area contributed by atoms with Crippen molar-refractivity contribution in [2.75, 3.05) is 6.61 Å². The molecular formula is C29H44O5. The van der Waals surface area contributed by atoms with Gasteiger partial charge in [0.15, 0.2) is 0 Å². The standard InChI is InChI=1S/C29H44O5/c1-6-9-24(7-2)34-28(32)18-33-20(4)25-13-14-26-21(10-8-15-29(25,26)5)11-12-22-16-23(30)17-27(31)19(22)3/h11-13,20,23-24,26-27,30-31H,3,6-10,14-18H2,1-2,4-5H3/t20-,23+,24?,26-,27-,29+/m0/s1. The van der Waals surface area contributed by atoms with Crippen molar-refractivity contribution in [2.24, 2.45) is 11.3 Å². The maximum Gasteiger partial charge on any atom is 0.332 e. The summed E-state index contributed by atoms with van der Waals surface area (Å²) in [4.78, 5) is 12.3. The summed E-state index contributed by atoms with van der Waals surface area (Å²) in [6.07, 6.45) is 13.1. The number of fused-ring (bicyclic) bond motifs is 1. The molecule has 0 amide bonds. The summed E-state index contributed by atoms with van der Waals surface area (Å²) in [7, 11) is 0. The van der Waals surface area contributed by atoms with E-state index in [9.17, 15) is 15.0 Å². The van der Waals surface area contributed by atoms with E-state index in [1.165, 1.54) is 11.1 Å². The fourth-order valence-corrected chi connectivity index (χ4v) is 6.12. The average molecular weight is 473 g/mol. The van der Waals surface area contributed by atoms with Crippen LogP contribution in [-0.4, -0.2) is 47.2 Å². The summed E-state index contributed by atoms with van der Waals surface area (Å²) >= 11 is 0. The lowest BCUT2D eigenvalue weighted by atomic mass is 9.63. The molecule has 1 unspecified atom stereocenters. The maximum atomic E-state index is 12.3. The summed E-state index contributed by atoms with van der Waals surface area (Å²) in [6, 6.07) is 0. The Labute approximate surface area is 205 Å². The van der Waals surface area contributed by atoms with Crippen LogP contribution in [0.4, 0.5) is 0 Å². The van der Waals surface area contributed by atoms with Crippen molar-refractivity contribution in [1.29, 1.82) is 0 Å². The number of esters is 1. The van der Waals surface area contributed by atoms with E-state index in [-0.39, 0.29) is 30.2 Å². The van der Waals surface area contributed by atoms with Gasteiger partial charge in [-0.05, 0) is 79.9 Å². The van der Waals surface area contributed by atoms with Gasteiger partial charge in [0.25, 0.3) is 0 Å². The number of aliphatic hydroxyl groups excluding tert-OH is 2. The first-order valence-corrected chi connectivity index (χ1v) is 13.2. The largest absolute Gasteiger partial charge is 0.461 e. The summed E-state index contributed by atoms with van der Waals surface area (Å²) in [5.74, 6) is 0.132. The second kappa shape index (κ2) is 11.8. The Morgan fingerprint density at radius 3 is 2.79 bits per heavy atom. The molecule has 0 aromatic rings. The van der Waals surface area contributed by atoms with Crippen molar-refractivity contribution in [1.82, 2.24) is 0 Å². The summed E-state index contributed by atoms with van der Waals surface area (Å²) < 4.78 is 11.6. The molecule has 0 aromatic heterocycles. The number of allylic oxidation sites excluding steroid dienone is 4. The van der Waals surface area contributed by atoms with Gasteiger partial charge in [-0.15, -0.1) is 0 Å². The van der Waals surface area contributed by atoms with E-state index < -0.39 is 12.2 Å². The third kappa shape index (κ3) is 6.10. The van der Waals surface area contributed by atoms with Gasteiger partial charge >= 0.3 is 5.97 Å². The van der Waals surface area contributed by atoms with Crippen LogP contribution < -0.4 is 0 Å². The minimum atomic E-state index is -0.663. The molecule has 0 heterocycles. The lowest BCUT2D eigenvalue weighted by Crippen LogP contribution is -2.35. The van der Waals surface area contributed by atoms with E-state index in [4.69, 9.17) is 9.47 Å². The molecule has 0 spiro atoms. The number of ether oxygens (including phenoxy) is 2. The zero-order valence-corrected chi connectivity index (χ0v) is 21.5. The van der Waals surface area contributed by atoms with Crippen molar-refractivity contribution in [3.63, 3.8) is 0 Å². The predicted molar refractivity (Wildman–Crippen MR) is 135 cm³/mol. The van der Waals surface area contributed by atoms with Crippen LogP contribution >= 0.6 is 0 Å². The second-order valence-electron chi connectivity index (χ2n) is 10.5. The molecule has 34 heavy (non-hydrogen) atoms. The number of carbonyl (C=O) groups excluding carboxylic acids is 1. The van der Waals surface area contributed by atoms with Crippen molar-refractivity contribution >= 4 is 5.97 Å². The molecule has 2 fully saturated rings. The third-order valence-corrected chi connectivity index (χ3v) is 8.13. The smallest absolute Gasteiger partial charge is 0.332 e. The Morgan fingerprint density at radius 1 is 1.32 bits per heavy atom. The van der Waals surface area contributed by atoms with E-state index >= 15 is 0 Å². The van der Waals surface area contributed by atoms with Crippen LogP contribution in [-0.2, 0) is 14.3 Å². The van der Waals surface area contributed by atoms with Crippen molar-refractivity contribution in [2.45, 2.75) is 110 Å². The Morgan fingerprint density at radius 2 is 2.09 bits per heavy atom. The van der Waals surface area contributed by atoms with Gasteiger partial charge in [-0.1, -0.05) is 57.6 Å². The van der Waals surface area contributed by atoms with Gasteiger partial charge < -0.3 is 19.7 Å². The minimum Gasteiger partial charge on any atom is -0.461 e. The first-order valence-electron chi connectivity index (χ1n) is 13.2. The average Bonchev–Trinajstić information content (AvgIpc) is 3.16. The predicted octanol–water partition coefficient (Wildman–Crippen LogP) is 5.57. The SMILES string of the molecule is C=C1C(=CC=C2CCC[C@]3(C)C([C@H](C)OCC(=O)OC(CC)CCC)=CC[C@@H]23)C[C@@H](O)C[C@@H]1O. The molecule has 0 radical (unpaired) electrons. The van der Waals surface area contributed by atoms with Crippen LogP contribution in [0.2, 0.25) is 0 Å². The molecule has 3 rings (SSSR count). The monoisotopic (exact) mass is 472 g/mol. The zero-order chi connectivity index (χ0) is 24.9. The van der Waals surface area contributed by atoms with E-state index in [0.717, 1.165) is 56.1 Å². The van der Waals surface area contributed by atoms with Crippen molar-refractivity contribution in [3.05, 3.63) is 47.1 Å². The van der Waals surface area contributed by atoms with Gasteiger partial charge in [0, 0.05) is 6.42 Å². The molecule has 190 valence electrons. The van der Waals surface area contributed by atoms with Gasteiger partial charge in [-0.25, -0.2) is 4.79 Å². The Hall–Kier alpha value is -1.69. The van der Waals surface area contributed by atoms with Gasteiger partial charge in [0.05, 0.1) is 18.3 Å². The van der Waals surface area contributed by atoms with Crippen LogP contribution in [0.25, 0.3) is 0 Å². The van der Waals surface area contributed by atoms with Gasteiger partial charge in [-0.3, -0.25) is 0 Å². The van der Waals surface area contributed by atoms with Crippen LogP contribution in [0.3, 0.4) is 0 Å². The molecular weight excluding hydrogens is 428 g/mol. The second-order valence-corrected chi connectivity index (χ2v) is 10.5. The topological polar surface area (TPSA) is 76.0 Å². The molecule has 6 atom stereocenters. The third-order valence-electron chi connectivity index (χ3n) is 8.13. The highest BCUT2D eigenvalue weighted by Crippen LogP contribution is 2.55. The number of hydrogen-bond donors (Lipinski definition) is 2. The fourth-order valence-electron chi connectivity index (χ4n) is 6.12. The highest BCUT2D eigenvalue weighted by Gasteiger charge is 2.46. The molecule has 3 aliphatic carbocycles. The Bertz CT molecular complexity index is 837. The lowest BCUT2D eigenvalue weighted by Gasteiger charge is -2.42. The van der Waals surface area contributed by atoms with E-state index in [1.807, 2.05) is 13.8 Å². The summed E-state index contributed by atoms with van der Waals surface area (Å²) in [5, 5.41) is 20.2. The molecule has 0 saturated heterocycles. The number of carbonyl (C=O) groups is 1. The van der Waals surface area contributed by atoms with E-state index in [1.54, 1.807) is 0 Å². The Kier molecular flexibility index (Phi) is 9.36. The highest BCUT2D eigenvalue weighted by atomic mass is 16.6. The maximum absolute atomic E-state index is 12.3. The highest BCUT2D eigenvalue weighted by molar-refractivity contribution is 5.71. The van der Waals surface area contributed by atoms with Crippen LogP contribution in [0, 0.1) is 11.3 Å². The van der Waals surface area contributed by atoms with Gasteiger partial charge in [-0.2, -0.15) is 0 Å². The fraction of sp³-hybridized carbons (Fsp3) is 0.690. The van der Waals surface area contributed by atoms with Crippen molar-refractivity contribution < 1.29 is 24.5 Å². The molecule has 5 heteroatoms. The van der Waals surface area contributed by atoms with E-state index in [0.29, 0.717) is 18.8 Å². The minimum absolute atomic E-state index is 0.0129. The summed E-state index contributed by atoms with van der Waals surface area (Å²) in [5.41, 5.74) is 4.39. The van der Waals surface area contributed by atoms with Crippen molar-refractivity contribution in [3.8, 4) is 0 Å². The number of rotatable bonds is 9. The number of aliphatic hydroxyl groups is 2. The molecule has 0 bridgehead atoms. The number of hydrogen-bond acceptors (Lipinski definition) is 5. The lowest BCUT2D eigenvalue weighted by molar-refractivity contribution is -0.156. The van der Waals surface area contributed by atoms with Crippen LogP contribution in [0.5, 0.6) is 0 Å². The molecule has 5 nitrogen and oxygen atoms in total. The molecule has 0 aliphatic heterocycles. The first-order chi connectivity index (χ1) is 16.2. The van der Waals surface area contributed by atoms with E-state index in [2.05, 4.69) is 38.7 Å². The molecule has 0 aromatic carbocycles. The van der Waals surface area contributed by atoms with Crippen LogP contribution in [0.15, 0.2) is 47.1 Å². The molecule has 2 saturated carbocycles. The molecule has 3 aliphatic rings. The summed E-state index contributed by atoms with van der Waals surface area (Å²) in [6.45, 7) is 12.5. The zero-order valence-electron chi connectivity index (χ0n) is 21.5. The quantitative estimate of drug-likeness (QED) is 0.339. The normalized spacial score (nSPS) is 33.5.